The first-order valence-corrected chi connectivity index (χ1v) is 6.46. The summed E-state index contributed by atoms with van der Waals surface area (Å²) in [4.78, 5) is 22.5. The molecule has 1 amide bonds. The lowest BCUT2D eigenvalue weighted by molar-refractivity contribution is -0.143. The van der Waals surface area contributed by atoms with Gasteiger partial charge in [-0.15, -0.1) is 0 Å². The van der Waals surface area contributed by atoms with Crippen LogP contribution in [-0.4, -0.2) is 36.4 Å². The molecule has 0 aliphatic carbocycles. The Bertz CT molecular complexity index is 462. The van der Waals surface area contributed by atoms with E-state index in [9.17, 15) is 9.59 Å². The van der Waals surface area contributed by atoms with Crippen molar-refractivity contribution in [3.05, 3.63) is 35.9 Å². The Morgan fingerprint density at radius 1 is 1.35 bits per heavy atom. The fourth-order valence-electron chi connectivity index (χ4n) is 2.09. The summed E-state index contributed by atoms with van der Waals surface area (Å²) in [5.41, 5.74) is 0.892. The zero-order valence-corrected chi connectivity index (χ0v) is 11.0. The third kappa shape index (κ3) is 3.96. The average molecular weight is 279 g/mol. The van der Waals surface area contributed by atoms with E-state index in [0.29, 0.717) is 13.0 Å². The summed E-state index contributed by atoms with van der Waals surface area (Å²) >= 11 is 0. The molecule has 0 unspecified atom stereocenters. The second kappa shape index (κ2) is 6.91. The molecule has 108 valence electrons. The molecule has 0 radical (unpaired) electrons. The molecule has 1 aromatic rings. The number of aliphatic carboxylic acids is 1. The smallest absolute Gasteiger partial charge is 0.407 e. The van der Waals surface area contributed by atoms with Gasteiger partial charge in [-0.25, -0.2) is 4.79 Å². The molecule has 2 atom stereocenters. The third-order valence-corrected chi connectivity index (χ3v) is 3.19. The number of alkyl carbamates (subject to hydrolysis) is 1. The van der Waals surface area contributed by atoms with E-state index in [0.717, 1.165) is 5.56 Å². The van der Waals surface area contributed by atoms with Crippen LogP contribution in [0.15, 0.2) is 30.3 Å². The van der Waals surface area contributed by atoms with E-state index < -0.39 is 24.1 Å². The topological polar surface area (TPSA) is 84.9 Å². The molecule has 0 bridgehead atoms. The van der Waals surface area contributed by atoms with E-state index in [1.54, 1.807) is 0 Å². The average Bonchev–Trinajstić information content (AvgIpc) is 2.92. The highest BCUT2D eigenvalue weighted by molar-refractivity contribution is 5.71. The number of carbonyl (C=O) groups excluding carboxylic acids is 1. The van der Waals surface area contributed by atoms with Crippen LogP contribution in [0.2, 0.25) is 0 Å². The number of carbonyl (C=O) groups is 2. The third-order valence-electron chi connectivity index (χ3n) is 3.19. The van der Waals surface area contributed by atoms with Gasteiger partial charge in [0.25, 0.3) is 0 Å². The molecule has 2 rings (SSSR count). The number of hydrogen-bond acceptors (Lipinski definition) is 4. The van der Waals surface area contributed by atoms with Gasteiger partial charge in [-0.05, 0) is 12.0 Å². The Hall–Kier alpha value is -2.08. The van der Waals surface area contributed by atoms with Gasteiger partial charge >= 0.3 is 12.1 Å². The number of nitrogens with one attached hydrogen (secondary N) is 1. The molecule has 1 heterocycles. The molecule has 6 heteroatoms. The summed E-state index contributed by atoms with van der Waals surface area (Å²) in [5.74, 6) is -1.46. The molecular weight excluding hydrogens is 262 g/mol. The molecule has 20 heavy (non-hydrogen) atoms. The van der Waals surface area contributed by atoms with Crippen LogP contribution in [0.5, 0.6) is 0 Å². The summed E-state index contributed by atoms with van der Waals surface area (Å²) in [6, 6.07) is 9.32. The minimum absolute atomic E-state index is 0.143. The van der Waals surface area contributed by atoms with Gasteiger partial charge in [0.2, 0.25) is 0 Å². The molecule has 1 aromatic carbocycles. The van der Waals surface area contributed by atoms with E-state index >= 15 is 0 Å². The monoisotopic (exact) mass is 279 g/mol. The Morgan fingerprint density at radius 3 is 2.80 bits per heavy atom. The Morgan fingerprint density at radius 2 is 2.10 bits per heavy atom. The van der Waals surface area contributed by atoms with Gasteiger partial charge < -0.3 is 19.9 Å². The van der Waals surface area contributed by atoms with Crippen LogP contribution in [0, 0.1) is 5.92 Å². The number of carboxylic acid groups (broad SMARTS) is 1. The van der Waals surface area contributed by atoms with Crippen molar-refractivity contribution in [2.75, 3.05) is 13.2 Å². The van der Waals surface area contributed by atoms with Crippen molar-refractivity contribution >= 4 is 12.1 Å². The highest BCUT2D eigenvalue weighted by Gasteiger charge is 2.34. The maximum absolute atomic E-state index is 11.5. The van der Waals surface area contributed by atoms with Crippen LogP contribution < -0.4 is 5.32 Å². The van der Waals surface area contributed by atoms with Gasteiger partial charge in [0.05, 0.1) is 12.0 Å². The Balaban J connectivity index is 1.71. The molecule has 1 fully saturated rings. The van der Waals surface area contributed by atoms with E-state index in [4.69, 9.17) is 14.6 Å². The molecule has 1 saturated heterocycles. The zero-order valence-electron chi connectivity index (χ0n) is 11.0. The van der Waals surface area contributed by atoms with Gasteiger partial charge in [0.15, 0.2) is 0 Å². The summed E-state index contributed by atoms with van der Waals surface area (Å²) in [6.07, 6.45) is -0.592. The van der Waals surface area contributed by atoms with Crippen LogP contribution in [-0.2, 0) is 20.9 Å². The van der Waals surface area contributed by atoms with E-state index in [-0.39, 0.29) is 13.2 Å². The molecule has 0 spiro atoms. The Kier molecular flexibility index (Phi) is 4.95. The SMILES string of the molecule is O=C(NC[C@H]1OCC[C@H]1C(=O)O)OCc1ccccc1. The number of amides is 1. The van der Waals surface area contributed by atoms with Crippen LogP contribution >= 0.6 is 0 Å². The summed E-state index contributed by atoms with van der Waals surface area (Å²) in [5, 5.41) is 11.5. The number of hydrogen-bond donors (Lipinski definition) is 2. The summed E-state index contributed by atoms with van der Waals surface area (Å²) in [6.45, 7) is 0.730. The van der Waals surface area contributed by atoms with Crippen LogP contribution in [0.25, 0.3) is 0 Å². The predicted octanol–water partition coefficient (Wildman–Crippen LogP) is 1.40. The maximum Gasteiger partial charge on any atom is 0.407 e. The van der Waals surface area contributed by atoms with Gasteiger partial charge in [0, 0.05) is 13.2 Å². The quantitative estimate of drug-likeness (QED) is 0.851. The van der Waals surface area contributed by atoms with Crippen LogP contribution in [0.4, 0.5) is 4.79 Å². The summed E-state index contributed by atoms with van der Waals surface area (Å²) in [7, 11) is 0. The number of carboxylic acids is 1. The van der Waals surface area contributed by atoms with Crippen molar-refractivity contribution in [2.45, 2.75) is 19.1 Å². The zero-order chi connectivity index (χ0) is 14.4. The minimum Gasteiger partial charge on any atom is -0.481 e. The van der Waals surface area contributed by atoms with Crippen molar-refractivity contribution in [3.63, 3.8) is 0 Å². The second-order valence-corrected chi connectivity index (χ2v) is 4.59. The number of rotatable bonds is 5. The fraction of sp³-hybridized carbons (Fsp3) is 0.429. The largest absolute Gasteiger partial charge is 0.481 e. The molecular formula is C14H17NO5. The molecule has 0 saturated carbocycles. The normalized spacial score (nSPS) is 21.4. The Labute approximate surface area is 116 Å². The molecule has 6 nitrogen and oxygen atoms in total. The van der Waals surface area contributed by atoms with Crippen LogP contribution in [0.3, 0.4) is 0 Å². The molecule has 2 N–H and O–H groups in total. The first-order valence-electron chi connectivity index (χ1n) is 6.46. The van der Waals surface area contributed by atoms with Gasteiger partial charge in [-0.1, -0.05) is 30.3 Å². The first-order chi connectivity index (χ1) is 9.66. The maximum atomic E-state index is 11.5. The molecule has 1 aliphatic rings. The minimum atomic E-state index is -0.896. The van der Waals surface area contributed by atoms with Gasteiger partial charge in [-0.3, -0.25) is 4.79 Å². The lowest BCUT2D eigenvalue weighted by Crippen LogP contribution is -2.37. The van der Waals surface area contributed by atoms with E-state index in [1.165, 1.54) is 0 Å². The van der Waals surface area contributed by atoms with E-state index in [1.807, 2.05) is 30.3 Å². The van der Waals surface area contributed by atoms with Crippen molar-refractivity contribution in [3.8, 4) is 0 Å². The van der Waals surface area contributed by atoms with Crippen molar-refractivity contribution in [1.29, 1.82) is 0 Å². The van der Waals surface area contributed by atoms with Crippen LogP contribution in [0.1, 0.15) is 12.0 Å². The van der Waals surface area contributed by atoms with Gasteiger partial charge in [0.1, 0.15) is 6.61 Å². The first kappa shape index (κ1) is 14.3. The standard InChI is InChI=1S/C14H17NO5/c16-13(17)11-6-7-19-12(11)8-15-14(18)20-9-10-4-2-1-3-5-10/h1-5,11-12H,6-9H2,(H,15,18)(H,16,17)/t11-,12-/m1/s1. The fourth-order valence-corrected chi connectivity index (χ4v) is 2.09. The molecule has 1 aliphatic heterocycles. The highest BCUT2D eigenvalue weighted by atomic mass is 16.5. The van der Waals surface area contributed by atoms with Crippen molar-refractivity contribution in [2.24, 2.45) is 5.92 Å². The second-order valence-electron chi connectivity index (χ2n) is 4.59. The van der Waals surface area contributed by atoms with E-state index in [2.05, 4.69) is 5.32 Å². The van der Waals surface area contributed by atoms with Crippen molar-refractivity contribution < 1.29 is 24.2 Å². The van der Waals surface area contributed by atoms with Gasteiger partial charge in [-0.2, -0.15) is 0 Å². The summed E-state index contributed by atoms with van der Waals surface area (Å²) < 4.78 is 10.3. The lowest BCUT2D eigenvalue weighted by Gasteiger charge is -2.15. The highest BCUT2D eigenvalue weighted by Crippen LogP contribution is 2.20. The number of benzene rings is 1. The molecule has 0 aromatic heterocycles. The lowest BCUT2D eigenvalue weighted by atomic mass is 10.0. The predicted molar refractivity (Wildman–Crippen MR) is 70.1 cm³/mol. The number of ether oxygens (including phenoxy) is 2. The van der Waals surface area contributed by atoms with Crippen molar-refractivity contribution in [1.82, 2.24) is 5.32 Å².